The van der Waals surface area contributed by atoms with Gasteiger partial charge in [0.2, 0.25) is 0 Å². The molecule has 0 aliphatic carbocycles. The van der Waals surface area contributed by atoms with Gasteiger partial charge in [-0.3, -0.25) is 15.8 Å². The number of allylic oxidation sites excluding steroid dienone is 4. The third-order valence-corrected chi connectivity index (χ3v) is 11.8. The molecule has 11 nitrogen and oxygen atoms in total. The number of ether oxygens (including phenoxy) is 3. The SMILES string of the molecule is CCCCCCCCC(CCCCCCCC)OC(=O)C(C)(C)C(C)(N)OC(=O)OCC(CO)COO.CCN(CC)CCCO.[CH2-]CCCCCCC/C=C\C/C=C\CCCCC.[W].[Y]. The first-order valence-corrected chi connectivity index (χ1v) is 26.0. The number of hydrogen-bond donors (Lipinski definition) is 4. The molecule has 2 unspecified atom stereocenters. The minimum Gasteiger partial charge on any atom is -0.462 e. The topological polar surface area (TPSA) is 161 Å². The van der Waals surface area contributed by atoms with Crippen LogP contribution in [0.15, 0.2) is 24.3 Å². The van der Waals surface area contributed by atoms with Crippen LogP contribution in [0.1, 0.15) is 229 Å². The Morgan fingerprint density at radius 1 is 0.667 bits per heavy atom. The van der Waals surface area contributed by atoms with Gasteiger partial charge in [0.05, 0.1) is 13.2 Å². The summed E-state index contributed by atoms with van der Waals surface area (Å²) in [6.07, 6.45) is 40.1. The number of rotatable bonds is 41. The number of nitrogens with two attached hydrogens (primary N) is 1. The molecule has 2 atom stereocenters. The van der Waals surface area contributed by atoms with E-state index in [9.17, 15) is 14.7 Å². The molecule has 0 rings (SSSR count). The number of esters is 1. The van der Waals surface area contributed by atoms with E-state index in [1.54, 1.807) is 13.8 Å². The summed E-state index contributed by atoms with van der Waals surface area (Å²) in [7, 11) is 0. The fraction of sp³-hybridized carbons (Fsp3) is 0.868. The molecular formula is C53H105N2O9WY-. The molecule has 0 saturated heterocycles. The van der Waals surface area contributed by atoms with Crippen LogP contribution in [0, 0.1) is 18.3 Å². The smallest absolute Gasteiger partial charge is 0.462 e. The van der Waals surface area contributed by atoms with E-state index in [0.29, 0.717) is 6.61 Å². The maximum atomic E-state index is 13.2. The van der Waals surface area contributed by atoms with Crippen molar-refractivity contribution in [1.29, 1.82) is 0 Å². The van der Waals surface area contributed by atoms with Gasteiger partial charge in [-0.15, -0.1) is 0 Å². The molecular weight excluding hydrogens is 1080 g/mol. The van der Waals surface area contributed by atoms with Gasteiger partial charge in [-0.2, -0.15) is 6.42 Å². The van der Waals surface area contributed by atoms with Gasteiger partial charge in [-0.1, -0.05) is 162 Å². The molecule has 5 N–H and O–H groups in total. The Bertz CT molecular complexity index is 1050. The van der Waals surface area contributed by atoms with Crippen LogP contribution in [0.4, 0.5) is 4.79 Å². The van der Waals surface area contributed by atoms with Crippen LogP contribution in [0.2, 0.25) is 0 Å². The van der Waals surface area contributed by atoms with Gasteiger partial charge in [-0.25, -0.2) is 9.68 Å². The molecule has 0 aliphatic rings. The van der Waals surface area contributed by atoms with Gasteiger partial charge in [0.25, 0.3) is 0 Å². The summed E-state index contributed by atoms with van der Waals surface area (Å²) in [5.74, 6) is -1.14. The molecule has 0 aromatic rings. The second-order valence-corrected chi connectivity index (χ2v) is 18.1. The number of carbonyl (C=O) groups excluding carboxylic acids is 2. The van der Waals surface area contributed by atoms with Crippen molar-refractivity contribution in [2.75, 3.05) is 46.1 Å². The van der Waals surface area contributed by atoms with Crippen molar-refractivity contribution in [2.45, 2.75) is 241 Å². The second kappa shape index (κ2) is 55.7. The molecule has 66 heavy (non-hydrogen) atoms. The fourth-order valence-electron chi connectivity index (χ4n) is 6.67. The van der Waals surface area contributed by atoms with Gasteiger partial charge in [0, 0.05) is 72.8 Å². The first-order valence-electron chi connectivity index (χ1n) is 26.0. The Balaban J connectivity index is -0.000000353. The van der Waals surface area contributed by atoms with E-state index in [1.807, 2.05) is 0 Å². The molecule has 0 saturated carbocycles. The van der Waals surface area contributed by atoms with E-state index >= 15 is 0 Å². The second-order valence-electron chi connectivity index (χ2n) is 18.1. The van der Waals surface area contributed by atoms with Crippen molar-refractivity contribution in [3.8, 4) is 0 Å². The Kier molecular flexibility index (Phi) is 63.1. The summed E-state index contributed by atoms with van der Waals surface area (Å²) in [5, 5.41) is 26.2. The number of aliphatic hydroxyl groups excluding tert-OH is 2. The third kappa shape index (κ3) is 47.4. The minimum absolute atomic E-state index is 0. The Morgan fingerprint density at radius 2 is 1.12 bits per heavy atom. The van der Waals surface area contributed by atoms with E-state index in [1.165, 1.54) is 122 Å². The molecule has 0 aromatic carbocycles. The fourth-order valence-corrected chi connectivity index (χ4v) is 6.67. The Hall–Kier alpha value is -0.228. The van der Waals surface area contributed by atoms with Gasteiger partial charge >= 0.3 is 12.1 Å². The van der Waals surface area contributed by atoms with Crippen LogP contribution in [-0.2, 0) is 77.7 Å². The van der Waals surface area contributed by atoms with Crippen LogP contribution in [0.5, 0.6) is 0 Å². The normalized spacial score (nSPS) is 12.7. The monoisotopic (exact) mass is 1190 g/mol. The van der Waals surface area contributed by atoms with Crippen molar-refractivity contribution in [1.82, 2.24) is 4.90 Å². The summed E-state index contributed by atoms with van der Waals surface area (Å²) in [6.45, 7) is 22.1. The van der Waals surface area contributed by atoms with E-state index < -0.39 is 29.2 Å². The zero-order valence-corrected chi connectivity index (χ0v) is 49.8. The van der Waals surface area contributed by atoms with Gasteiger partial charge in [-0.05, 0) is 98.1 Å². The quantitative estimate of drug-likeness (QED) is 0.00877. The standard InChI is InChI=1S/C28H55NO8.C18H33.C7H17NO.W.Y/c1-6-8-10-12-14-16-18-24(19-17-15-13-11-9-7-2)36-25(31)27(3,4)28(5,29)37-26(32)34-21-23(20-30)22-35-33;1-3-5-7-9-11-13-15-17-18-16-14-12-10-8-6-4-2;1-3-8(4-2)6-5-7-9;;/h23-24,30,33H,6-22,29H2,1-5H3;12,14,17-18H,1,3-11,13,15-16H2,2H3;9H,3-7H2,1-2H3;;/q;-1;;;/b;14-12-,18-17-;;;. The number of nitrogens with zero attached hydrogens (tertiary/aromatic N) is 1. The van der Waals surface area contributed by atoms with Crippen LogP contribution in [0.3, 0.4) is 0 Å². The molecule has 0 amide bonds. The van der Waals surface area contributed by atoms with Crippen LogP contribution < -0.4 is 5.73 Å². The summed E-state index contributed by atoms with van der Waals surface area (Å²) in [5.41, 5.74) is 3.23. The van der Waals surface area contributed by atoms with Crippen molar-refractivity contribution in [3.05, 3.63) is 31.2 Å². The van der Waals surface area contributed by atoms with E-state index in [4.69, 9.17) is 30.3 Å². The van der Waals surface area contributed by atoms with Gasteiger partial charge in [0.1, 0.15) is 18.1 Å². The van der Waals surface area contributed by atoms with Crippen molar-refractivity contribution < 1.29 is 97.9 Å². The zero-order valence-electron chi connectivity index (χ0n) is 44.0. The molecule has 0 aliphatic heterocycles. The van der Waals surface area contributed by atoms with E-state index in [0.717, 1.165) is 77.4 Å². The summed E-state index contributed by atoms with van der Waals surface area (Å²) in [6, 6.07) is 0. The minimum atomic E-state index is -1.70. The molecule has 0 heterocycles. The van der Waals surface area contributed by atoms with Gasteiger partial charge in [0.15, 0.2) is 5.72 Å². The Labute approximate surface area is 446 Å². The summed E-state index contributed by atoms with van der Waals surface area (Å²) in [4.78, 5) is 31.7. The number of unbranched alkanes of at least 4 members (excludes halogenated alkanes) is 19. The van der Waals surface area contributed by atoms with Crippen LogP contribution >= 0.6 is 0 Å². The van der Waals surface area contributed by atoms with Crippen molar-refractivity contribution in [3.63, 3.8) is 0 Å². The molecule has 391 valence electrons. The maximum absolute atomic E-state index is 13.2. The van der Waals surface area contributed by atoms with Gasteiger partial charge < -0.3 is 36.2 Å². The average Bonchev–Trinajstić information content (AvgIpc) is 3.28. The molecule has 0 spiro atoms. The average molecular weight is 1190 g/mol. The maximum Gasteiger partial charge on any atom is 0.510 e. The molecule has 1 radical (unpaired) electrons. The van der Waals surface area contributed by atoms with E-state index in [2.05, 4.69) is 75.6 Å². The zero-order chi connectivity index (χ0) is 48.6. The number of carbonyl (C=O) groups is 2. The molecule has 0 bridgehead atoms. The predicted molar refractivity (Wildman–Crippen MR) is 268 cm³/mol. The number of aliphatic hydroxyl groups is 2. The predicted octanol–water partition coefficient (Wildman–Crippen LogP) is 13.7. The van der Waals surface area contributed by atoms with Crippen molar-refractivity contribution in [2.24, 2.45) is 17.1 Å². The first-order chi connectivity index (χ1) is 30.8. The molecule has 0 fully saturated rings. The first kappa shape index (κ1) is 74.7. The largest absolute Gasteiger partial charge is 0.510 e. The third-order valence-electron chi connectivity index (χ3n) is 11.8. The van der Waals surface area contributed by atoms with Crippen molar-refractivity contribution >= 4 is 12.1 Å². The van der Waals surface area contributed by atoms with Crippen LogP contribution in [-0.4, -0.2) is 90.4 Å². The molecule has 0 aromatic heterocycles. The summed E-state index contributed by atoms with van der Waals surface area (Å²) < 4.78 is 16.2. The number of hydrogen-bond acceptors (Lipinski definition) is 11. The molecule has 13 heteroatoms. The summed E-state index contributed by atoms with van der Waals surface area (Å²) >= 11 is 0. The Morgan fingerprint density at radius 3 is 1.58 bits per heavy atom. The van der Waals surface area contributed by atoms with Crippen LogP contribution in [0.25, 0.3) is 0 Å². The van der Waals surface area contributed by atoms with E-state index in [-0.39, 0.29) is 79.7 Å².